The van der Waals surface area contributed by atoms with Gasteiger partial charge in [-0.3, -0.25) is 0 Å². The third-order valence-electron chi connectivity index (χ3n) is 2.27. The number of hydrogen-bond donors (Lipinski definition) is 0. The molecule has 0 spiro atoms. The maximum Gasteiger partial charge on any atom is 0.433 e. The summed E-state index contributed by atoms with van der Waals surface area (Å²) in [5, 5.41) is 0. The number of nitrogens with zero attached hydrogens (tertiary/aromatic N) is 3. The Morgan fingerprint density at radius 2 is 1.78 bits per heavy atom. The van der Waals surface area contributed by atoms with Gasteiger partial charge in [-0.15, -0.1) is 0 Å². The number of aryl methyl sites for hydroxylation is 1. The first-order valence-electron chi connectivity index (χ1n) is 4.90. The Labute approximate surface area is 99.5 Å². The van der Waals surface area contributed by atoms with Crippen LogP contribution in [0.3, 0.4) is 0 Å². The van der Waals surface area contributed by atoms with E-state index in [1.807, 2.05) is 0 Å². The van der Waals surface area contributed by atoms with E-state index >= 15 is 0 Å². The lowest BCUT2D eigenvalue weighted by molar-refractivity contribution is -0.141. The fourth-order valence-electron chi connectivity index (χ4n) is 1.44. The van der Waals surface area contributed by atoms with Crippen molar-refractivity contribution in [2.75, 3.05) is 0 Å². The second kappa shape index (κ2) is 4.32. The van der Waals surface area contributed by atoms with Crippen LogP contribution in [-0.4, -0.2) is 15.0 Å². The van der Waals surface area contributed by atoms with Crippen molar-refractivity contribution in [2.24, 2.45) is 0 Å². The molecule has 2 heterocycles. The molecule has 0 N–H and O–H groups in total. The number of pyridine rings is 1. The minimum Gasteiger partial charge on any atom is -0.250 e. The van der Waals surface area contributed by atoms with E-state index in [4.69, 9.17) is 0 Å². The van der Waals surface area contributed by atoms with Crippen LogP contribution in [0.4, 0.5) is 17.6 Å². The third-order valence-corrected chi connectivity index (χ3v) is 2.27. The van der Waals surface area contributed by atoms with E-state index in [2.05, 4.69) is 15.0 Å². The first-order chi connectivity index (χ1) is 8.38. The fourth-order valence-corrected chi connectivity index (χ4v) is 1.44. The summed E-state index contributed by atoms with van der Waals surface area (Å²) in [5.74, 6) is -0.753. The lowest BCUT2D eigenvalue weighted by atomic mass is 10.1. The molecule has 2 aromatic rings. The summed E-state index contributed by atoms with van der Waals surface area (Å²) in [7, 11) is 0. The van der Waals surface area contributed by atoms with Crippen molar-refractivity contribution in [3.8, 4) is 11.3 Å². The number of aromatic nitrogens is 3. The van der Waals surface area contributed by atoms with Gasteiger partial charge in [-0.05, 0) is 19.1 Å². The van der Waals surface area contributed by atoms with Gasteiger partial charge >= 0.3 is 6.18 Å². The molecule has 18 heavy (non-hydrogen) atoms. The molecule has 0 bridgehead atoms. The van der Waals surface area contributed by atoms with Crippen LogP contribution < -0.4 is 0 Å². The van der Waals surface area contributed by atoms with Gasteiger partial charge in [-0.1, -0.05) is 0 Å². The molecule has 94 valence electrons. The number of halogens is 4. The second-order valence-electron chi connectivity index (χ2n) is 3.55. The fraction of sp³-hybridized carbons (Fsp3) is 0.182. The quantitative estimate of drug-likeness (QED) is 0.737. The maximum absolute atomic E-state index is 12.6. The van der Waals surface area contributed by atoms with Crippen molar-refractivity contribution in [1.82, 2.24) is 15.0 Å². The van der Waals surface area contributed by atoms with Gasteiger partial charge < -0.3 is 0 Å². The smallest absolute Gasteiger partial charge is 0.250 e. The zero-order valence-electron chi connectivity index (χ0n) is 9.16. The Balaban J connectivity index is 2.45. The highest BCUT2D eigenvalue weighted by Gasteiger charge is 2.32. The van der Waals surface area contributed by atoms with Crippen LogP contribution in [0.5, 0.6) is 0 Å². The third kappa shape index (κ3) is 2.44. The van der Waals surface area contributed by atoms with Crippen molar-refractivity contribution >= 4 is 0 Å². The number of hydrogen-bond acceptors (Lipinski definition) is 3. The summed E-state index contributed by atoms with van der Waals surface area (Å²) < 4.78 is 49.8. The molecule has 0 unspecified atom stereocenters. The van der Waals surface area contributed by atoms with Gasteiger partial charge in [0.05, 0.1) is 18.1 Å². The lowest BCUT2D eigenvalue weighted by Crippen LogP contribution is -2.09. The van der Waals surface area contributed by atoms with Gasteiger partial charge in [-0.2, -0.15) is 17.6 Å². The second-order valence-corrected chi connectivity index (χ2v) is 3.55. The van der Waals surface area contributed by atoms with Gasteiger partial charge in [0.25, 0.3) is 0 Å². The SMILES string of the molecule is Cc1nc(C(F)(F)F)ccc1-c1cnc(F)cn1. The molecule has 2 aromatic heterocycles. The largest absolute Gasteiger partial charge is 0.433 e. The summed E-state index contributed by atoms with van der Waals surface area (Å²) in [6, 6.07) is 2.10. The van der Waals surface area contributed by atoms with Crippen LogP contribution in [0.25, 0.3) is 11.3 Å². The molecule has 0 radical (unpaired) electrons. The van der Waals surface area contributed by atoms with Crippen molar-refractivity contribution < 1.29 is 17.6 Å². The first kappa shape index (κ1) is 12.4. The van der Waals surface area contributed by atoms with Crippen LogP contribution in [0.15, 0.2) is 24.5 Å². The van der Waals surface area contributed by atoms with Gasteiger partial charge in [-0.25, -0.2) is 15.0 Å². The molecule has 3 nitrogen and oxygen atoms in total. The van der Waals surface area contributed by atoms with E-state index in [1.54, 1.807) is 0 Å². The summed E-state index contributed by atoms with van der Waals surface area (Å²) in [5.41, 5.74) is -0.157. The first-order valence-corrected chi connectivity index (χ1v) is 4.90. The van der Waals surface area contributed by atoms with Crippen molar-refractivity contribution in [1.29, 1.82) is 0 Å². The molecule has 2 rings (SSSR count). The number of alkyl halides is 3. The normalized spacial score (nSPS) is 11.6. The standard InChI is InChI=1S/C11H7F4N3/c1-6-7(8-4-17-10(12)5-16-8)2-3-9(18-6)11(13,14)15/h2-5H,1H3. The highest BCUT2D eigenvalue weighted by molar-refractivity contribution is 5.60. The average molecular weight is 257 g/mol. The van der Waals surface area contributed by atoms with Gasteiger partial charge in [0, 0.05) is 11.3 Å². The molecule has 0 atom stereocenters. The highest BCUT2D eigenvalue weighted by atomic mass is 19.4. The molecule has 0 saturated carbocycles. The van der Waals surface area contributed by atoms with Crippen LogP contribution in [-0.2, 0) is 6.18 Å². The minimum atomic E-state index is -4.49. The van der Waals surface area contributed by atoms with Crippen molar-refractivity contribution in [2.45, 2.75) is 13.1 Å². The summed E-state index contributed by atoms with van der Waals surface area (Å²) in [6.07, 6.45) is -2.45. The molecule has 0 aliphatic rings. The Morgan fingerprint density at radius 1 is 1.06 bits per heavy atom. The molecule has 0 fully saturated rings. The van der Waals surface area contributed by atoms with E-state index in [9.17, 15) is 17.6 Å². The Hall–Kier alpha value is -2.05. The minimum absolute atomic E-state index is 0.158. The maximum atomic E-state index is 12.6. The Morgan fingerprint density at radius 3 is 2.28 bits per heavy atom. The molecule has 0 aromatic carbocycles. The van der Waals surface area contributed by atoms with E-state index in [0.29, 0.717) is 5.56 Å². The van der Waals surface area contributed by atoms with Crippen LogP contribution in [0.1, 0.15) is 11.4 Å². The molecule has 7 heteroatoms. The van der Waals surface area contributed by atoms with Gasteiger partial charge in [0.2, 0.25) is 5.95 Å². The predicted octanol–water partition coefficient (Wildman–Crippen LogP) is 3.00. The summed E-state index contributed by atoms with van der Waals surface area (Å²) >= 11 is 0. The van der Waals surface area contributed by atoms with E-state index in [-0.39, 0.29) is 11.4 Å². The van der Waals surface area contributed by atoms with E-state index in [1.165, 1.54) is 13.0 Å². The topological polar surface area (TPSA) is 38.7 Å². The molecular formula is C11H7F4N3. The molecule has 0 aliphatic heterocycles. The van der Waals surface area contributed by atoms with Crippen molar-refractivity contribution in [3.05, 3.63) is 41.9 Å². The van der Waals surface area contributed by atoms with Crippen LogP contribution in [0.2, 0.25) is 0 Å². The molecular weight excluding hydrogens is 250 g/mol. The van der Waals surface area contributed by atoms with E-state index < -0.39 is 17.8 Å². The zero-order valence-corrected chi connectivity index (χ0v) is 9.16. The molecule has 0 aliphatic carbocycles. The summed E-state index contributed by atoms with van der Waals surface area (Å²) in [6.45, 7) is 1.43. The lowest BCUT2D eigenvalue weighted by Gasteiger charge is -2.09. The summed E-state index contributed by atoms with van der Waals surface area (Å²) in [4.78, 5) is 10.6. The predicted molar refractivity (Wildman–Crippen MR) is 55.0 cm³/mol. The van der Waals surface area contributed by atoms with Gasteiger partial charge in [0.1, 0.15) is 5.69 Å². The van der Waals surface area contributed by atoms with Crippen LogP contribution >= 0.6 is 0 Å². The van der Waals surface area contributed by atoms with Crippen LogP contribution in [0, 0.1) is 12.9 Å². The van der Waals surface area contributed by atoms with E-state index in [0.717, 1.165) is 18.5 Å². The Kier molecular flexibility index (Phi) is 2.98. The molecule has 0 saturated heterocycles. The van der Waals surface area contributed by atoms with Gasteiger partial charge in [0.15, 0.2) is 0 Å². The zero-order chi connectivity index (χ0) is 13.3. The average Bonchev–Trinajstić information content (AvgIpc) is 2.29. The highest BCUT2D eigenvalue weighted by Crippen LogP contribution is 2.30. The Bertz CT molecular complexity index is 563. The molecule has 0 amide bonds. The number of rotatable bonds is 1. The monoisotopic (exact) mass is 257 g/mol. The van der Waals surface area contributed by atoms with Crippen molar-refractivity contribution in [3.63, 3.8) is 0 Å².